The maximum atomic E-state index is 11.8. The second-order valence-electron chi connectivity index (χ2n) is 4.08. The van der Waals surface area contributed by atoms with Gasteiger partial charge in [-0.3, -0.25) is 9.59 Å². The number of hydrogen-bond donors (Lipinski definition) is 0. The highest BCUT2D eigenvalue weighted by molar-refractivity contribution is 9.10. The molecule has 1 aromatic carbocycles. The van der Waals surface area contributed by atoms with Gasteiger partial charge in [-0.05, 0) is 38.0 Å². The van der Waals surface area contributed by atoms with E-state index in [0.29, 0.717) is 5.75 Å². The van der Waals surface area contributed by atoms with E-state index in [4.69, 9.17) is 9.47 Å². The van der Waals surface area contributed by atoms with E-state index in [1.807, 2.05) is 12.1 Å². The third kappa shape index (κ3) is 4.35. The van der Waals surface area contributed by atoms with Gasteiger partial charge in [-0.15, -0.1) is 0 Å². The van der Waals surface area contributed by atoms with Crippen molar-refractivity contribution < 1.29 is 19.1 Å². The topological polar surface area (TPSA) is 52.6 Å². The lowest BCUT2D eigenvalue weighted by atomic mass is 9.95. The molecule has 5 heteroatoms. The van der Waals surface area contributed by atoms with E-state index in [1.165, 1.54) is 6.92 Å². The molecule has 104 valence electrons. The maximum absolute atomic E-state index is 11.8. The van der Waals surface area contributed by atoms with Gasteiger partial charge in [-0.2, -0.15) is 0 Å². The number of esters is 1. The number of methoxy groups -OCH3 is 1. The van der Waals surface area contributed by atoms with Crippen molar-refractivity contribution >= 4 is 27.7 Å². The van der Waals surface area contributed by atoms with Gasteiger partial charge in [-0.25, -0.2) is 0 Å². The molecule has 0 saturated heterocycles. The smallest absolute Gasteiger partial charge is 0.316 e. The molecule has 0 heterocycles. The number of carbonyl (C=O) groups is 2. The Labute approximate surface area is 121 Å². The summed E-state index contributed by atoms with van der Waals surface area (Å²) in [5.41, 5.74) is 0.805. The lowest BCUT2D eigenvalue weighted by Gasteiger charge is -2.15. The summed E-state index contributed by atoms with van der Waals surface area (Å²) >= 11 is 3.35. The summed E-state index contributed by atoms with van der Waals surface area (Å²) in [7, 11) is 1.55. The van der Waals surface area contributed by atoms with Gasteiger partial charge < -0.3 is 9.47 Å². The molecule has 0 amide bonds. The molecule has 1 rings (SSSR count). The monoisotopic (exact) mass is 328 g/mol. The first kappa shape index (κ1) is 15.7. The molecule has 0 saturated carbocycles. The Bertz CT molecular complexity index is 471. The number of ketones is 1. The molecule has 4 nitrogen and oxygen atoms in total. The van der Waals surface area contributed by atoms with E-state index in [1.54, 1.807) is 20.1 Å². The van der Waals surface area contributed by atoms with E-state index in [9.17, 15) is 9.59 Å². The Hall–Kier alpha value is -1.36. The van der Waals surface area contributed by atoms with Crippen molar-refractivity contribution in [2.45, 2.75) is 20.3 Å². The molecule has 0 bridgehead atoms. The first-order chi connectivity index (χ1) is 8.99. The van der Waals surface area contributed by atoms with Gasteiger partial charge in [0.15, 0.2) is 0 Å². The van der Waals surface area contributed by atoms with Crippen LogP contribution < -0.4 is 4.74 Å². The van der Waals surface area contributed by atoms with Gasteiger partial charge in [0.1, 0.15) is 17.5 Å². The maximum Gasteiger partial charge on any atom is 0.316 e. The SMILES string of the molecule is CCOC(=O)C(Cc1ccc(Br)cc1OC)C(C)=O. The molecule has 0 radical (unpaired) electrons. The van der Waals surface area contributed by atoms with Crippen molar-refractivity contribution in [3.8, 4) is 5.75 Å². The number of Topliss-reactive ketones (excluding diaryl/α,β-unsaturated/α-hetero) is 1. The zero-order valence-corrected chi connectivity index (χ0v) is 12.8. The van der Waals surface area contributed by atoms with Crippen molar-refractivity contribution in [2.75, 3.05) is 13.7 Å². The highest BCUT2D eigenvalue weighted by atomic mass is 79.9. The third-order valence-electron chi connectivity index (χ3n) is 2.73. The van der Waals surface area contributed by atoms with Crippen LogP contribution in [0.25, 0.3) is 0 Å². The number of benzene rings is 1. The molecular formula is C14H17BrO4. The summed E-state index contributed by atoms with van der Waals surface area (Å²) in [5, 5.41) is 0. The van der Waals surface area contributed by atoms with E-state index in [2.05, 4.69) is 15.9 Å². The van der Waals surface area contributed by atoms with Crippen LogP contribution in [0.2, 0.25) is 0 Å². The summed E-state index contributed by atoms with van der Waals surface area (Å²) in [5.74, 6) is -0.830. The average molecular weight is 329 g/mol. The van der Waals surface area contributed by atoms with Crippen LogP contribution in [-0.4, -0.2) is 25.5 Å². The predicted molar refractivity (Wildman–Crippen MR) is 75.2 cm³/mol. The van der Waals surface area contributed by atoms with E-state index >= 15 is 0 Å². The van der Waals surface area contributed by atoms with E-state index in [-0.39, 0.29) is 18.8 Å². The zero-order valence-electron chi connectivity index (χ0n) is 11.2. The van der Waals surface area contributed by atoms with Crippen LogP contribution in [-0.2, 0) is 20.7 Å². The fourth-order valence-electron chi connectivity index (χ4n) is 1.74. The molecule has 0 N–H and O–H groups in total. The number of rotatable bonds is 6. The van der Waals surface area contributed by atoms with Crippen LogP contribution >= 0.6 is 15.9 Å². The molecule has 0 fully saturated rings. The van der Waals surface area contributed by atoms with Crippen LogP contribution in [0.15, 0.2) is 22.7 Å². The van der Waals surface area contributed by atoms with Crippen molar-refractivity contribution in [3.63, 3.8) is 0 Å². The Morgan fingerprint density at radius 3 is 2.58 bits per heavy atom. The average Bonchev–Trinajstić information content (AvgIpc) is 2.36. The molecule has 0 aliphatic rings. The summed E-state index contributed by atoms with van der Waals surface area (Å²) < 4.78 is 11.1. The third-order valence-corrected chi connectivity index (χ3v) is 3.23. The second-order valence-corrected chi connectivity index (χ2v) is 4.99. The molecule has 1 aromatic rings. The summed E-state index contributed by atoms with van der Waals surface area (Å²) in [6.07, 6.45) is 0.282. The molecule has 0 aliphatic heterocycles. The summed E-state index contributed by atoms with van der Waals surface area (Å²) in [6, 6.07) is 5.48. The van der Waals surface area contributed by atoms with Gasteiger partial charge in [0.2, 0.25) is 0 Å². The number of carbonyl (C=O) groups excluding carboxylic acids is 2. The summed E-state index contributed by atoms with van der Waals surface area (Å²) in [6.45, 7) is 3.38. The van der Waals surface area contributed by atoms with Crippen LogP contribution in [0.4, 0.5) is 0 Å². The lowest BCUT2D eigenvalue weighted by Crippen LogP contribution is -2.26. The minimum atomic E-state index is -0.782. The van der Waals surface area contributed by atoms with E-state index < -0.39 is 11.9 Å². The van der Waals surface area contributed by atoms with Gasteiger partial charge in [0, 0.05) is 4.47 Å². The van der Waals surface area contributed by atoms with Gasteiger partial charge in [0.05, 0.1) is 13.7 Å². The lowest BCUT2D eigenvalue weighted by molar-refractivity contribution is -0.151. The second kappa shape index (κ2) is 7.28. The Morgan fingerprint density at radius 1 is 1.37 bits per heavy atom. The van der Waals surface area contributed by atoms with Crippen LogP contribution in [0.1, 0.15) is 19.4 Å². The Balaban J connectivity index is 2.97. The molecule has 0 aliphatic carbocycles. The van der Waals surface area contributed by atoms with Gasteiger partial charge in [0.25, 0.3) is 0 Å². The molecule has 1 atom stereocenters. The Morgan fingerprint density at radius 2 is 2.05 bits per heavy atom. The highest BCUT2D eigenvalue weighted by Crippen LogP contribution is 2.26. The van der Waals surface area contributed by atoms with Crippen molar-refractivity contribution in [1.29, 1.82) is 0 Å². The van der Waals surface area contributed by atoms with Gasteiger partial charge >= 0.3 is 5.97 Å². The molecule has 0 aromatic heterocycles. The van der Waals surface area contributed by atoms with Gasteiger partial charge in [-0.1, -0.05) is 22.0 Å². The highest BCUT2D eigenvalue weighted by Gasteiger charge is 2.26. The molecule has 19 heavy (non-hydrogen) atoms. The quantitative estimate of drug-likeness (QED) is 0.595. The van der Waals surface area contributed by atoms with Crippen LogP contribution in [0, 0.1) is 5.92 Å². The largest absolute Gasteiger partial charge is 0.496 e. The number of ether oxygens (including phenoxy) is 2. The first-order valence-corrected chi connectivity index (χ1v) is 6.78. The fraction of sp³-hybridized carbons (Fsp3) is 0.429. The molecule has 0 spiro atoms. The minimum absolute atomic E-state index is 0.205. The normalized spacial score (nSPS) is 11.8. The Kier molecular flexibility index (Phi) is 6.02. The van der Waals surface area contributed by atoms with Crippen molar-refractivity contribution in [1.82, 2.24) is 0 Å². The summed E-state index contributed by atoms with van der Waals surface area (Å²) in [4.78, 5) is 23.3. The van der Waals surface area contributed by atoms with Crippen molar-refractivity contribution in [2.24, 2.45) is 5.92 Å². The number of hydrogen-bond acceptors (Lipinski definition) is 4. The number of halogens is 1. The predicted octanol–water partition coefficient (Wildman–Crippen LogP) is 2.77. The van der Waals surface area contributed by atoms with Crippen molar-refractivity contribution in [3.05, 3.63) is 28.2 Å². The van der Waals surface area contributed by atoms with Crippen LogP contribution in [0.5, 0.6) is 5.75 Å². The molecule has 1 unspecified atom stereocenters. The zero-order chi connectivity index (χ0) is 14.4. The van der Waals surface area contributed by atoms with Crippen LogP contribution in [0.3, 0.4) is 0 Å². The minimum Gasteiger partial charge on any atom is -0.496 e. The standard InChI is InChI=1S/C14H17BrO4/c1-4-19-14(17)12(9(2)16)7-10-5-6-11(15)8-13(10)18-3/h5-6,8,12H,4,7H2,1-3H3. The molecular weight excluding hydrogens is 312 g/mol. The van der Waals surface area contributed by atoms with E-state index in [0.717, 1.165) is 10.0 Å². The fourth-order valence-corrected chi connectivity index (χ4v) is 2.08. The first-order valence-electron chi connectivity index (χ1n) is 5.99.